The van der Waals surface area contributed by atoms with Gasteiger partial charge in [0.2, 0.25) is 0 Å². The van der Waals surface area contributed by atoms with Crippen LogP contribution in [0.25, 0.3) is 0 Å². The Kier molecular flexibility index (Phi) is 2.27. The molecule has 12 heavy (non-hydrogen) atoms. The first-order chi connectivity index (χ1) is 5.65. The molecular formula is C6H9N3O3. The SMILES string of the molecule is COC(=O)c1nnc(N(C)C)o1. The van der Waals surface area contributed by atoms with Crippen LogP contribution in [0, 0.1) is 0 Å². The van der Waals surface area contributed by atoms with Crippen LogP contribution in [0.5, 0.6) is 0 Å². The largest absolute Gasteiger partial charge is 0.462 e. The molecule has 0 aromatic carbocycles. The van der Waals surface area contributed by atoms with Crippen LogP contribution >= 0.6 is 0 Å². The van der Waals surface area contributed by atoms with E-state index in [2.05, 4.69) is 14.9 Å². The highest BCUT2D eigenvalue weighted by Crippen LogP contribution is 2.08. The van der Waals surface area contributed by atoms with Crippen LogP contribution in [0.2, 0.25) is 0 Å². The molecule has 1 aromatic heterocycles. The zero-order valence-corrected chi connectivity index (χ0v) is 7.07. The zero-order chi connectivity index (χ0) is 9.14. The van der Waals surface area contributed by atoms with Crippen LogP contribution in [-0.4, -0.2) is 37.4 Å². The van der Waals surface area contributed by atoms with Gasteiger partial charge in [-0.1, -0.05) is 10.2 Å². The van der Waals surface area contributed by atoms with E-state index in [1.54, 1.807) is 19.0 Å². The van der Waals surface area contributed by atoms with E-state index in [0.29, 0.717) is 0 Å². The minimum Gasteiger partial charge on any atom is -0.462 e. The molecule has 66 valence electrons. The Hall–Kier alpha value is -1.59. The number of anilines is 1. The van der Waals surface area contributed by atoms with Crippen molar-refractivity contribution in [3.8, 4) is 0 Å². The van der Waals surface area contributed by atoms with Gasteiger partial charge in [0.1, 0.15) is 0 Å². The lowest BCUT2D eigenvalue weighted by Gasteiger charge is -2.02. The maximum absolute atomic E-state index is 10.8. The fourth-order valence-corrected chi connectivity index (χ4v) is 0.566. The number of rotatable bonds is 2. The van der Waals surface area contributed by atoms with Gasteiger partial charge in [0.15, 0.2) is 0 Å². The van der Waals surface area contributed by atoms with Crippen LogP contribution in [-0.2, 0) is 4.74 Å². The number of methoxy groups -OCH3 is 1. The summed E-state index contributed by atoms with van der Waals surface area (Å²) in [7, 11) is 4.71. The van der Waals surface area contributed by atoms with Gasteiger partial charge in [0.25, 0.3) is 0 Å². The standard InChI is InChI=1S/C6H9N3O3/c1-9(2)6-8-7-4(12-6)5(10)11-3/h1-3H3. The molecule has 0 aliphatic rings. The average Bonchev–Trinajstić information content (AvgIpc) is 2.51. The molecule has 0 atom stereocenters. The molecule has 0 saturated carbocycles. The highest BCUT2D eigenvalue weighted by molar-refractivity contribution is 5.83. The Labute approximate surface area is 69.1 Å². The molecule has 6 heteroatoms. The molecule has 0 aliphatic carbocycles. The van der Waals surface area contributed by atoms with E-state index in [9.17, 15) is 4.79 Å². The smallest absolute Gasteiger partial charge is 0.396 e. The summed E-state index contributed by atoms with van der Waals surface area (Å²) in [6.07, 6.45) is 0. The van der Waals surface area contributed by atoms with Gasteiger partial charge in [-0.3, -0.25) is 0 Å². The van der Waals surface area contributed by atoms with Gasteiger partial charge in [0.05, 0.1) is 7.11 Å². The molecule has 0 saturated heterocycles. The van der Waals surface area contributed by atoms with Crippen LogP contribution in [0.1, 0.15) is 10.7 Å². The Morgan fingerprint density at radius 2 is 2.17 bits per heavy atom. The fourth-order valence-electron chi connectivity index (χ4n) is 0.566. The van der Waals surface area contributed by atoms with Crippen molar-refractivity contribution in [3.63, 3.8) is 0 Å². The molecule has 6 nitrogen and oxygen atoms in total. The molecule has 0 amide bonds. The van der Waals surface area contributed by atoms with E-state index in [0.717, 1.165) is 0 Å². The number of aromatic nitrogens is 2. The summed E-state index contributed by atoms with van der Waals surface area (Å²) in [5, 5.41) is 7.07. The van der Waals surface area contributed by atoms with E-state index >= 15 is 0 Å². The number of carbonyl (C=O) groups excluding carboxylic acids is 1. The summed E-state index contributed by atoms with van der Waals surface area (Å²) in [4.78, 5) is 12.4. The molecule has 0 unspecified atom stereocenters. The number of esters is 1. The summed E-state index contributed by atoms with van der Waals surface area (Å²) in [6, 6.07) is 0.274. The van der Waals surface area contributed by atoms with E-state index in [1.807, 2.05) is 0 Å². The normalized spacial score (nSPS) is 9.58. The molecule has 0 radical (unpaired) electrons. The Morgan fingerprint density at radius 3 is 2.58 bits per heavy atom. The molecule has 1 aromatic rings. The fraction of sp³-hybridized carbons (Fsp3) is 0.500. The maximum Gasteiger partial charge on any atom is 0.396 e. The molecule has 0 aliphatic heterocycles. The topological polar surface area (TPSA) is 68.5 Å². The van der Waals surface area contributed by atoms with Gasteiger partial charge in [-0.2, -0.15) is 0 Å². The predicted octanol–water partition coefficient (Wildman–Crippen LogP) is -0.0778. The quantitative estimate of drug-likeness (QED) is 0.580. The van der Waals surface area contributed by atoms with Crippen LogP contribution in [0.15, 0.2) is 4.42 Å². The summed E-state index contributed by atoms with van der Waals surface area (Å²) in [5.74, 6) is -0.767. The third kappa shape index (κ3) is 1.52. The van der Waals surface area contributed by atoms with E-state index in [-0.39, 0.29) is 11.9 Å². The third-order valence-corrected chi connectivity index (χ3v) is 1.16. The third-order valence-electron chi connectivity index (χ3n) is 1.16. The Bertz CT molecular complexity index is 281. The van der Waals surface area contributed by atoms with Crippen molar-refractivity contribution in [1.82, 2.24) is 10.2 Å². The first-order valence-corrected chi connectivity index (χ1v) is 3.24. The molecule has 0 spiro atoms. The second-order valence-corrected chi connectivity index (χ2v) is 2.28. The monoisotopic (exact) mass is 171 g/mol. The Morgan fingerprint density at radius 1 is 1.50 bits per heavy atom. The second-order valence-electron chi connectivity index (χ2n) is 2.28. The van der Waals surface area contributed by atoms with Crippen LogP contribution in [0.3, 0.4) is 0 Å². The summed E-state index contributed by atoms with van der Waals surface area (Å²) >= 11 is 0. The summed E-state index contributed by atoms with van der Waals surface area (Å²) < 4.78 is 9.30. The van der Waals surface area contributed by atoms with Crippen molar-refractivity contribution in [2.24, 2.45) is 0 Å². The second kappa shape index (κ2) is 3.21. The van der Waals surface area contributed by atoms with Gasteiger partial charge < -0.3 is 14.1 Å². The minimum absolute atomic E-state index is 0.138. The first-order valence-electron chi connectivity index (χ1n) is 3.24. The van der Waals surface area contributed by atoms with Gasteiger partial charge in [-0.05, 0) is 0 Å². The molecule has 0 fully saturated rings. The molecule has 1 heterocycles. The van der Waals surface area contributed by atoms with Crippen LogP contribution in [0.4, 0.5) is 6.01 Å². The molecule has 0 bridgehead atoms. The predicted molar refractivity (Wildman–Crippen MR) is 40.0 cm³/mol. The van der Waals surface area contributed by atoms with Crippen molar-refractivity contribution in [2.75, 3.05) is 26.1 Å². The number of ether oxygens (including phenoxy) is 1. The molecule has 0 N–H and O–H groups in total. The highest BCUT2D eigenvalue weighted by Gasteiger charge is 2.15. The van der Waals surface area contributed by atoms with Crippen molar-refractivity contribution in [2.45, 2.75) is 0 Å². The lowest BCUT2D eigenvalue weighted by Crippen LogP contribution is -2.08. The first kappa shape index (κ1) is 8.51. The number of carbonyl (C=O) groups is 1. The highest BCUT2D eigenvalue weighted by atomic mass is 16.5. The van der Waals surface area contributed by atoms with Crippen molar-refractivity contribution in [1.29, 1.82) is 0 Å². The Balaban J connectivity index is 2.84. The van der Waals surface area contributed by atoms with Crippen molar-refractivity contribution < 1.29 is 13.9 Å². The molecule has 1 rings (SSSR count). The average molecular weight is 171 g/mol. The molecular weight excluding hydrogens is 162 g/mol. The number of hydrogen-bond donors (Lipinski definition) is 0. The van der Waals surface area contributed by atoms with Crippen molar-refractivity contribution in [3.05, 3.63) is 5.89 Å². The minimum atomic E-state index is -0.629. The van der Waals surface area contributed by atoms with Gasteiger partial charge >= 0.3 is 17.9 Å². The maximum atomic E-state index is 10.8. The lowest BCUT2D eigenvalue weighted by atomic mass is 10.7. The van der Waals surface area contributed by atoms with E-state index < -0.39 is 5.97 Å². The van der Waals surface area contributed by atoms with Gasteiger partial charge in [0, 0.05) is 14.1 Å². The van der Waals surface area contributed by atoms with Crippen LogP contribution < -0.4 is 4.90 Å². The number of hydrogen-bond acceptors (Lipinski definition) is 6. The van der Waals surface area contributed by atoms with E-state index in [1.165, 1.54) is 7.11 Å². The summed E-state index contributed by atoms with van der Waals surface area (Å²) in [6.45, 7) is 0. The lowest BCUT2D eigenvalue weighted by molar-refractivity contribution is 0.0556. The van der Waals surface area contributed by atoms with Gasteiger partial charge in [-0.15, -0.1) is 0 Å². The van der Waals surface area contributed by atoms with Gasteiger partial charge in [-0.25, -0.2) is 4.79 Å². The number of nitrogens with zero attached hydrogens (tertiary/aromatic N) is 3. The summed E-state index contributed by atoms with van der Waals surface area (Å²) in [5.41, 5.74) is 0. The zero-order valence-electron chi connectivity index (χ0n) is 7.07. The van der Waals surface area contributed by atoms with E-state index in [4.69, 9.17) is 4.42 Å². The van der Waals surface area contributed by atoms with Crippen molar-refractivity contribution >= 4 is 12.0 Å².